The zero-order valence-electron chi connectivity index (χ0n) is 20.6. The minimum atomic E-state index is 0.386. The highest BCUT2D eigenvalue weighted by Gasteiger charge is 1.96. The van der Waals surface area contributed by atoms with Crippen LogP contribution in [0, 0.1) is 23.7 Å². The van der Waals surface area contributed by atoms with Gasteiger partial charge in [-0.1, -0.05) is 82.1 Å². The van der Waals surface area contributed by atoms with Gasteiger partial charge in [-0.3, -0.25) is 0 Å². The van der Waals surface area contributed by atoms with Crippen molar-refractivity contribution in [3.8, 4) is 0 Å². The Balaban J connectivity index is -0.000000308. The monoisotopic (exact) mass is 373 g/mol. The van der Waals surface area contributed by atoms with E-state index in [9.17, 15) is 0 Å². The average molecular weight is 374 g/mol. The van der Waals surface area contributed by atoms with E-state index in [4.69, 9.17) is 4.74 Å². The van der Waals surface area contributed by atoms with Crippen LogP contribution >= 0.6 is 0 Å². The van der Waals surface area contributed by atoms with Gasteiger partial charge in [0.2, 0.25) is 0 Å². The third-order valence-electron chi connectivity index (χ3n) is 3.60. The second-order valence-electron chi connectivity index (χ2n) is 9.79. The van der Waals surface area contributed by atoms with E-state index in [2.05, 4.69) is 88.4 Å². The lowest BCUT2D eigenvalue weighted by molar-refractivity contribution is 0.0593. The van der Waals surface area contributed by atoms with Crippen LogP contribution in [0.2, 0.25) is 0 Å². The lowest BCUT2D eigenvalue weighted by Crippen LogP contribution is -2.23. The normalized spacial score (nSPS) is 11.3. The molecule has 2 nitrogen and oxygen atoms in total. The fraction of sp³-hybridized carbons (Fsp3) is 1.00. The molecule has 2 heteroatoms. The molecule has 0 amide bonds. The van der Waals surface area contributed by atoms with Crippen LogP contribution in [0.15, 0.2) is 0 Å². The first-order valence-corrected chi connectivity index (χ1v) is 11.2. The Bertz CT molecular complexity index is 203. The van der Waals surface area contributed by atoms with E-state index in [1.54, 1.807) is 0 Å². The lowest BCUT2D eigenvalue weighted by Gasteiger charge is -2.08. The third kappa shape index (κ3) is 43.9. The Morgan fingerprint density at radius 1 is 0.577 bits per heavy atom. The summed E-state index contributed by atoms with van der Waals surface area (Å²) < 4.78 is 5.30. The first-order chi connectivity index (χ1) is 11.9. The SMILES string of the molecule is CC(C)CCC(C)C.CC(C)CCCNC(C)C.CC(C)COC(C)C. The lowest BCUT2D eigenvalue weighted by atomic mass is 10.0. The maximum Gasteiger partial charge on any atom is 0.0518 e. The molecule has 0 saturated heterocycles. The Hall–Kier alpha value is -0.0800. The summed E-state index contributed by atoms with van der Waals surface area (Å²) in [5, 5.41) is 3.40. The molecule has 0 radical (unpaired) electrons. The Labute approximate surface area is 168 Å². The maximum absolute atomic E-state index is 5.30. The summed E-state index contributed by atoms with van der Waals surface area (Å²) in [5.41, 5.74) is 0. The second kappa shape index (κ2) is 21.2. The summed E-state index contributed by atoms with van der Waals surface area (Å²) in [4.78, 5) is 0. The molecule has 0 bridgehead atoms. The van der Waals surface area contributed by atoms with Gasteiger partial charge in [0, 0.05) is 12.6 Å². The van der Waals surface area contributed by atoms with Crippen molar-refractivity contribution in [3.05, 3.63) is 0 Å². The molecule has 0 aromatic heterocycles. The average Bonchev–Trinajstić information content (AvgIpc) is 2.48. The number of hydrogen-bond donors (Lipinski definition) is 1. The summed E-state index contributed by atoms with van der Waals surface area (Å²) in [5.74, 6) is 3.29. The van der Waals surface area contributed by atoms with E-state index < -0.39 is 0 Å². The number of hydrogen-bond acceptors (Lipinski definition) is 2. The van der Waals surface area contributed by atoms with Crippen molar-refractivity contribution in [1.82, 2.24) is 5.32 Å². The third-order valence-corrected chi connectivity index (χ3v) is 3.60. The molecule has 0 aliphatic carbocycles. The van der Waals surface area contributed by atoms with Gasteiger partial charge in [-0.15, -0.1) is 0 Å². The predicted octanol–water partition coefficient (Wildman–Crippen LogP) is 7.57. The highest BCUT2D eigenvalue weighted by molar-refractivity contribution is 4.54. The van der Waals surface area contributed by atoms with E-state index in [-0.39, 0.29) is 0 Å². The molecule has 1 N–H and O–H groups in total. The molecule has 0 heterocycles. The summed E-state index contributed by atoms with van der Waals surface area (Å²) in [6.45, 7) is 28.5. The quantitative estimate of drug-likeness (QED) is 0.377. The molecule has 0 unspecified atom stereocenters. The van der Waals surface area contributed by atoms with Crippen molar-refractivity contribution in [2.45, 2.75) is 121 Å². The van der Waals surface area contributed by atoms with Crippen LogP contribution < -0.4 is 5.32 Å². The Morgan fingerprint density at radius 3 is 1.23 bits per heavy atom. The van der Waals surface area contributed by atoms with Gasteiger partial charge in [-0.05, 0) is 56.9 Å². The molecule has 0 aromatic rings. The molecule has 0 atom stereocenters. The fourth-order valence-corrected chi connectivity index (χ4v) is 1.95. The molecule has 0 fully saturated rings. The summed E-state index contributed by atoms with van der Waals surface area (Å²) in [6.07, 6.45) is 5.82. The van der Waals surface area contributed by atoms with E-state index in [1.807, 2.05) is 0 Å². The van der Waals surface area contributed by atoms with Crippen LogP contribution in [0.4, 0.5) is 0 Å². The van der Waals surface area contributed by atoms with Crippen LogP contribution in [0.5, 0.6) is 0 Å². The molecular formula is C24H55NO. The maximum atomic E-state index is 5.30. The molecule has 0 aromatic carbocycles. The molecule has 0 aliphatic heterocycles. The van der Waals surface area contributed by atoms with Crippen molar-refractivity contribution >= 4 is 0 Å². The molecule has 0 saturated carbocycles. The first-order valence-electron chi connectivity index (χ1n) is 11.2. The zero-order chi connectivity index (χ0) is 21.1. The van der Waals surface area contributed by atoms with Gasteiger partial charge >= 0.3 is 0 Å². The van der Waals surface area contributed by atoms with Crippen molar-refractivity contribution in [2.24, 2.45) is 23.7 Å². The number of ether oxygens (including phenoxy) is 1. The zero-order valence-corrected chi connectivity index (χ0v) is 20.6. The second-order valence-corrected chi connectivity index (χ2v) is 9.79. The number of nitrogens with one attached hydrogen (secondary N) is 1. The van der Waals surface area contributed by atoms with Gasteiger partial charge in [0.15, 0.2) is 0 Å². The van der Waals surface area contributed by atoms with Gasteiger partial charge in [0.25, 0.3) is 0 Å². The van der Waals surface area contributed by atoms with Gasteiger partial charge < -0.3 is 10.1 Å². The van der Waals surface area contributed by atoms with Crippen LogP contribution in [0.1, 0.15) is 109 Å². The molecular weight excluding hydrogens is 318 g/mol. The fourth-order valence-electron chi connectivity index (χ4n) is 1.95. The van der Waals surface area contributed by atoms with Crippen LogP contribution in [-0.4, -0.2) is 25.3 Å². The molecule has 0 aliphatic rings. The first kappa shape index (κ1) is 30.6. The van der Waals surface area contributed by atoms with Gasteiger partial charge in [0.05, 0.1) is 6.10 Å². The summed E-state index contributed by atoms with van der Waals surface area (Å²) >= 11 is 0. The molecule has 26 heavy (non-hydrogen) atoms. The topological polar surface area (TPSA) is 21.3 Å². The van der Waals surface area contributed by atoms with E-state index >= 15 is 0 Å². The Kier molecular flexibility index (Phi) is 25.0. The van der Waals surface area contributed by atoms with Gasteiger partial charge in [-0.2, -0.15) is 0 Å². The summed E-state index contributed by atoms with van der Waals surface area (Å²) in [7, 11) is 0. The highest BCUT2D eigenvalue weighted by atomic mass is 16.5. The van der Waals surface area contributed by atoms with Crippen molar-refractivity contribution in [3.63, 3.8) is 0 Å². The molecule has 162 valence electrons. The number of rotatable bonds is 11. The van der Waals surface area contributed by atoms with Crippen LogP contribution in [0.25, 0.3) is 0 Å². The van der Waals surface area contributed by atoms with E-state index in [1.165, 1.54) is 32.2 Å². The van der Waals surface area contributed by atoms with Crippen LogP contribution in [-0.2, 0) is 4.74 Å². The van der Waals surface area contributed by atoms with Gasteiger partial charge in [-0.25, -0.2) is 0 Å². The minimum absolute atomic E-state index is 0.386. The smallest absolute Gasteiger partial charge is 0.0518 e. The standard InChI is InChI=1S/C9H21N.C8H18.C7H16O/c1-8(2)6-5-7-10-9(3)4;1-7(2)5-6-8(3)4;1-6(2)5-8-7(3)4/h8-10H,5-7H2,1-4H3;7-8H,5-6H2,1-4H3;6-7H,5H2,1-4H3. The van der Waals surface area contributed by atoms with Crippen molar-refractivity contribution in [2.75, 3.05) is 13.2 Å². The van der Waals surface area contributed by atoms with Crippen LogP contribution in [0.3, 0.4) is 0 Å². The van der Waals surface area contributed by atoms with Crippen molar-refractivity contribution < 1.29 is 4.74 Å². The minimum Gasteiger partial charge on any atom is -0.379 e. The highest BCUT2D eigenvalue weighted by Crippen LogP contribution is 2.09. The molecule has 0 rings (SSSR count). The summed E-state index contributed by atoms with van der Waals surface area (Å²) in [6, 6.07) is 0.646. The van der Waals surface area contributed by atoms with E-state index in [0.29, 0.717) is 18.1 Å². The van der Waals surface area contributed by atoms with E-state index in [0.717, 1.165) is 24.4 Å². The van der Waals surface area contributed by atoms with Gasteiger partial charge in [0.1, 0.15) is 0 Å². The molecule has 0 spiro atoms. The largest absolute Gasteiger partial charge is 0.379 e. The Morgan fingerprint density at radius 2 is 1.00 bits per heavy atom. The predicted molar refractivity (Wildman–Crippen MR) is 122 cm³/mol. The van der Waals surface area contributed by atoms with Crippen molar-refractivity contribution in [1.29, 1.82) is 0 Å².